The summed E-state index contributed by atoms with van der Waals surface area (Å²) in [5.41, 5.74) is 1.22. The van der Waals surface area contributed by atoms with Crippen LogP contribution in [0.25, 0.3) is 10.9 Å². The van der Waals surface area contributed by atoms with E-state index in [0.717, 1.165) is 10.9 Å². The molecule has 0 saturated carbocycles. The predicted octanol–water partition coefficient (Wildman–Crippen LogP) is 0.752. The number of nitrogens with one attached hydrogen (secondary N) is 3. The van der Waals surface area contributed by atoms with Gasteiger partial charge in [0.05, 0.1) is 17.6 Å². The lowest BCUT2D eigenvalue weighted by molar-refractivity contribution is -0.119. The third kappa shape index (κ3) is 2.85. The monoisotopic (exact) mass is 272 g/mol. The molecule has 0 bridgehead atoms. The summed E-state index contributed by atoms with van der Waals surface area (Å²) < 4.78 is 0. The molecule has 0 unspecified atom stereocenters. The Balaban J connectivity index is 2.36. The van der Waals surface area contributed by atoms with Gasteiger partial charge in [0.15, 0.2) is 0 Å². The molecule has 1 aromatic carbocycles. The number of pyridine rings is 1. The number of carbonyl (C=O) groups is 2. The van der Waals surface area contributed by atoms with Crippen molar-refractivity contribution in [3.63, 3.8) is 0 Å². The van der Waals surface area contributed by atoms with Crippen LogP contribution in [0.15, 0.2) is 30.3 Å². The average molecular weight is 272 g/mol. The third-order valence-corrected chi connectivity index (χ3v) is 2.91. The summed E-state index contributed by atoms with van der Waals surface area (Å²) >= 11 is 0. The smallest absolute Gasteiger partial charge is 0.252 e. The van der Waals surface area contributed by atoms with E-state index in [1.807, 2.05) is 24.3 Å². The third-order valence-electron chi connectivity index (χ3n) is 2.91. The number of rotatable bonds is 4. The van der Waals surface area contributed by atoms with Gasteiger partial charge in [0.2, 0.25) is 5.91 Å². The van der Waals surface area contributed by atoms with Crippen LogP contribution < -0.4 is 16.0 Å². The molecule has 0 saturated heterocycles. The van der Waals surface area contributed by atoms with Crippen LogP contribution in [0.5, 0.6) is 0 Å². The number of fused-ring (bicyclic) bond motifs is 1. The number of benzene rings is 1. The minimum absolute atomic E-state index is 0.0547. The molecule has 0 fully saturated rings. The van der Waals surface area contributed by atoms with Gasteiger partial charge in [-0.1, -0.05) is 18.2 Å². The van der Waals surface area contributed by atoms with E-state index in [1.165, 1.54) is 7.05 Å². The van der Waals surface area contributed by atoms with Crippen LogP contribution in [0, 0.1) is 0 Å². The number of para-hydroxylation sites is 1. The summed E-state index contributed by atoms with van der Waals surface area (Å²) in [7, 11) is 3.26. The van der Waals surface area contributed by atoms with Crippen LogP contribution in [0.1, 0.15) is 10.4 Å². The van der Waals surface area contributed by atoms with Crippen molar-refractivity contribution in [2.24, 2.45) is 0 Å². The van der Waals surface area contributed by atoms with Gasteiger partial charge in [0, 0.05) is 19.5 Å². The largest absolute Gasteiger partial charge is 0.373 e. The Morgan fingerprint density at radius 1 is 1.20 bits per heavy atom. The molecular formula is C14H16N4O2. The van der Waals surface area contributed by atoms with Crippen LogP contribution in [-0.4, -0.2) is 37.4 Å². The fourth-order valence-electron chi connectivity index (χ4n) is 1.84. The average Bonchev–Trinajstić information content (AvgIpc) is 2.50. The zero-order valence-electron chi connectivity index (χ0n) is 11.4. The van der Waals surface area contributed by atoms with Crippen molar-refractivity contribution in [3.05, 3.63) is 35.9 Å². The van der Waals surface area contributed by atoms with E-state index >= 15 is 0 Å². The molecule has 6 heteroatoms. The SMILES string of the molecule is CNC(=O)CNC(=O)c1cc(NC)nc2ccccc12. The first kappa shape index (κ1) is 13.8. The Morgan fingerprint density at radius 2 is 1.95 bits per heavy atom. The Hall–Kier alpha value is -2.63. The highest BCUT2D eigenvalue weighted by Gasteiger charge is 2.13. The molecule has 6 nitrogen and oxygen atoms in total. The molecule has 0 aliphatic heterocycles. The molecule has 0 aliphatic carbocycles. The molecule has 0 radical (unpaired) electrons. The summed E-state index contributed by atoms with van der Waals surface area (Å²) in [6.45, 7) is -0.0547. The number of nitrogens with zero attached hydrogens (tertiary/aromatic N) is 1. The number of carbonyl (C=O) groups excluding carboxylic acids is 2. The Kier molecular flexibility index (Phi) is 4.14. The topological polar surface area (TPSA) is 83.1 Å². The lowest BCUT2D eigenvalue weighted by atomic mass is 10.1. The van der Waals surface area contributed by atoms with E-state index in [4.69, 9.17) is 0 Å². The molecule has 0 atom stereocenters. The van der Waals surface area contributed by atoms with E-state index in [9.17, 15) is 9.59 Å². The summed E-state index contributed by atoms with van der Waals surface area (Å²) in [6.07, 6.45) is 0. The van der Waals surface area contributed by atoms with Gasteiger partial charge in [-0.15, -0.1) is 0 Å². The quantitative estimate of drug-likeness (QED) is 0.767. The molecule has 0 spiro atoms. The van der Waals surface area contributed by atoms with E-state index in [0.29, 0.717) is 11.4 Å². The molecule has 104 valence electrons. The molecule has 20 heavy (non-hydrogen) atoms. The zero-order valence-corrected chi connectivity index (χ0v) is 11.4. The van der Waals surface area contributed by atoms with Crippen molar-refractivity contribution in [1.82, 2.24) is 15.6 Å². The maximum atomic E-state index is 12.2. The lowest BCUT2D eigenvalue weighted by Crippen LogP contribution is -2.35. The Morgan fingerprint density at radius 3 is 2.65 bits per heavy atom. The van der Waals surface area contributed by atoms with Crippen LogP contribution in [0.4, 0.5) is 5.82 Å². The second-order valence-corrected chi connectivity index (χ2v) is 4.18. The van der Waals surface area contributed by atoms with Crippen molar-refractivity contribution < 1.29 is 9.59 Å². The summed E-state index contributed by atoms with van der Waals surface area (Å²) in [5, 5.41) is 8.71. The first-order valence-electron chi connectivity index (χ1n) is 6.22. The van der Waals surface area contributed by atoms with Crippen LogP contribution >= 0.6 is 0 Å². The van der Waals surface area contributed by atoms with Gasteiger partial charge in [0.25, 0.3) is 5.91 Å². The van der Waals surface area contributed by atoms with E-state index in [-0.39, 0.29) is 18.4 Å². The molecule has 3 N–H and O–H groups in total. The maximum Gasteiger partial charge on any atom is 0.252 e. The number of aromatic nitrogens is 1. The molecule has 1 aromatic heterocycles. The maximum absolute atomic E-state index is 12.2. The first-order chi connectivity index (χ1) is 9.65. The molecule has 2 amide bonds. The Labute approximate surface area is 116 Å². The summed E-state index contributed by atoms with van der Waals surface area (Å²) in [5.74, 6) is 0.0584. The molecule has 2 rings (SSSR count). The zero-order chi connectivity index (χ0) is 14.5. The number of hydrogen-bond acceptors (Lipinski definition) is 4. The second-order valence-electron chi connectivity index (χ2n) is 4.18. The molecule has 2 aromatic rings. The van der Waals surface area contributed by atoms with Crippen LogP contribution in [0.2, 0.25) is 0 Å². The van der Waals surface area contributed by atoms with Crippen molar-refractivity contribution in [1.29, 1.82) is 0 Å². The van der Waals surface area contributed by atoms with Gasteiger partial charge in [0.1, 0.15) is 5.82 Å². The minimum atomic E-state index is -0.302. The minimum Gasteiger partial charge on any atom is -0.373 e. The van der Waals surface area contributed by atoms with Crippen molar-refractivity contribution in [2.45, 2.75) is 0 Å². The van der Waals surface area contributed by atoms with E-state index < -0.39 is 0 Å². The van der Waals surface area contributed by atoms with Gasteiger partial charge in [-0.3, -0.25) is 9.59 Å². The highest BCUT2D eigenvalue weighted by Crippen LogP contribution is 2.20. The van der Waals surface area contributed by atoms with Gasteiger partial charge in [-0.25, -0.2) is 4.98 Å². The van der Waals surface area contributed by atoms with Crippen LogP contribution in [0.3, 0.4) is 0 Å². The summed E-state index contributed by atoms with van der Waals surface area (Å²) in [4.78, 5) is 27.8. The van der Waals surface area contributed by atoms with Gasteiger partial charge in [-0.05, 0) is 12.1 Å². The highest BCUT2D eigenvalue weighted by atomic mass is 16.2. The first-order valence-corrected chi connectivity index (χ1v) is 6.22. The van der Waals surface area contributed by atoms with Gasteiger partial charge < -0.3 is 16.0 Å². The van der Waals surface area contributed by atoms with Crippen LogP contribution in [-0.2, 0) is 4.79 Å². The highest BCUT2D eigenvalue weighted by molar-refractivity contribution is 6.07. The number of likely N-dealkylation sites (N-methyl/N-ethyl adjacent to an activating group) is 1. The number of anilines is 1. The van der Waals surface area contributed by atoms with Gasteiger partial charge in [-0.2, -0.15) is 0 Å². The standard InChI is InChI=1S/C14H16N4O2/c1-15-12-7-10(14(20)17-8-13(19)16-2)9-5-3-4-6-11(9)18-12/h3-7H,8H2,1-2H3,(H,15,18)(H,16,19)(H,17,20). The van der Waals surface area contributed by atoms with Crippen molar-refractivity contribution >= 4 is 28.5 Å². The van der Waals surface area contributed by atoms with Crippen molar-refractivity contribution in [2.75, 3.05) is 26.0 Å². The van der Waals surface area contributed by atoms with E-state index in [1.54, 1.807) is 13.1 Å². The van der Waals surface area contributed by atoms with Crippen molar-refractivity contribution in [3.8, 4) is 0 Å². The predicted molar refractivity (Wildman–Crippen MR) is 77.7 cm³/mol. The van der Waals surface area contributed by atoms with E-state index in [2.05, 4.69) is 20.9 Å². The lowest BCUT2D eigenvalue weighted by Gasteiger charge is -2.09. The normalized spacial score (nSPS) is 10.1. The molecule has 0 aliphatic rings. The fraction of sp³-hybridized carbons (Fsp3) is 0.214. The molecular weight excluding hydrogens is 256 g/mol. The summed E-state index contributed by atoms with van der Waals surface area (Å²) in [6, 6.07) is 9.05. The molecule has 1 heterocycles. The number of amides is 2. The number of hydrogen-bond donors (Lipinski definition) is 3. The van der Waals surface area contributed by atoms with Gasteiger partial charge >= 0.3 is 0 Å². The fourth-order valence-corrected chi connectivity index (χ4v) is 1.84. The second kappa shape index (κ2) is 6.01. The Bertz CT molecular complexity index is 655.